The van der Waals surface area contributed by atoms with Crippen molar-refractivity contribution in [2.45, 2.75) is 19.9 Å². The minimum atomic E-state index is -1.12. The van der Waals surface area contributed by atoms with Crippen LogP contribution in [0.2, 0.25) is 0 Å². The van der Waals surface area contributed by atoms with Gasteiger partial charge in [0.2, 0.25) is 5.91 Å². The van der Waals surface area contributed by atoms with Gasteiger partial charge in [0, 0.05) is 5.69 Å². The molecule has 4 rings (SSSR count). The molecule has 172 valence electrons. The summed E-state index contributed by atoms with van der Waals surface area (Å²) >= 11 is 0. The number of carbonyl (C=O) groups excluding carboxylic acids is 4. The average molecular weight is 457 g/mol. The summed E-state index contributed by atoms with van der Waals surface area (Å²) in [6.07, 6.45) is 0. The Morgan fingerprint density at radius 3 is 1.97 bits per heavy atom. The Kier molecular flexibility index (Phi) is 6.14. The van der Waals surface area contributed by atoms with Crippen LogP contribution in [0.1, 0.15) is 43.4 Å². The average Bonchev–Trinajstić information content (AvgIpc) is 3.05. The Hall–Kier alpha value is -4.46. The number of aromatic hydroxyl groups is 1. The first-order valence-electron chi connectivity index (χ1n) is 10.7. The molecule has 0 aromatic heterocycles. The summed E-state index contributed by atoms with van der Waals surface area (Å²) in [4.78, 5) is 52.2. The van der Waals surface area contributed by atoms with Crippen molar-refractivity contribution in [3.05, 3.63) is 94.5 Å². The van der Waals surface area contributed by atoms with Gasteiger partial charge in [-0.25, -0.2) is 0 Å². The van der Waals surface area contributed by atoms with Crippen LogP contribution in [0.3, 0.4) is 0 Å². The van der Waals surface area contributed by atoms with Crippen LogP contribution in [0.25, 0.3) is 0 Å². The van der Waals surface area contributed by atoms with E-state index in [1.807, 2.05) is 32.0 Å². The van der Waals surface area contributed by atoms with Gasteiger partial charge in [-0.2, -0.15) is 0 Å². The normalized spacial score (nSPS) is 13.4. The van der Waals surface area contributed by atoms with Crippen LogP contribution < -0.4 is 10.6 Å². The van der Waals surface area contributed by atoms with Gasteiger partial charge in [0.15, 0.2) is 0 Å². The number of benzene rings is 3. The zero-order valence-corrected chi connectivity index (χ0v) is 18.7. The molecule has 8 nitrogen and oxygen atoms in total. The van der Waals surface area contributed by atoms with E-state index in [0.29, 0.717) is 11.3 Å². The summed E-state index contributed by atoms with van der Waals surface area (Å²) in [5, 5.41) is 15.1. The number of nitrogens with one attached hydrogen (secondary N) is 2. The number of amides is 4. The van der Waals surface area contributed by atoms with E-state index >= 15 is 0 Å². The molecular weight excluding hydrogens is 434 g/mol. The van der Waals surface area contributed by atoms with E-state index in [9.17, 15) is 24.3 Å². The van der Waals surface area contributed by atoms with Crippen LogP contribution in [0.5, 0.6) is 5.75 Å². The summed E-state index contributed by atoms with van der Waals surface area (Å²) < 4.78 is 0. The zero-order chi connectivity index (χ0) is 24.4. The third-order valence-corrected chi connectivity index (χ3v) is 5.70. The van der Waals surface area contributed by atoms with Crippen molar-refractivity contribution in [3.63, 3.8) is 0 Å². The van der Waals surface area contributed by atoms with Gasteiger partial charge >= 0.3 is 0 Å². The van der Waals surface area contributed by atoms with Gasteiger partial charge in [-0.3, -0.25) is 24.1 Å². The lowest BCUT2D eigenvalue weighted by Gasteiger charge is -2.22. The first kappa shape index (κ1) is 22.7. The number of hydrogen-bond donors (Lipinski definition) is 3. The number of imide groups is 1. The molecule has 0 fully saturated rings. The van der Waals surface area contributed by atoms with Crippen molar-refractivity contribution in [3.8, 4) is 5.75 Å². The minimum absolute atomic E-state index is 0.00927. The molecule has 0 aliphatic carbocycles. The van der Waals surface area contributed by atoms with E-state index in [2.05, 4.69) is 10.6 Å². The Labute approximate surface area is 196 Å². The van der Waals surface area contributed by atoms with Gasteiger partial charge in [0.1, 0.15) is 18.3 Å². The Balaban J connectivity index is 1.56. The maximum atomic E-state index is 13.2. The Morgan fingerprint density at radius 1 is 0.853 bits per heavy atom. The second-order valence-electron chi connectivity index (χ2n) is 8.09. The van der Waals surface area contributed by atoms with Crippen molar-refractivity contribution < 1.29 is 24.3 Å². The van der Waals surface area contributed by atoms with E-state index in [1.165, 1.54) is 36.4 Å². The third-order valence-electron chi connectivity index (χ3n) is 5.70. The van der Waals surface area contributed by atoms with Gasteiger partial charge in [0.25, 0.3) is 17.7 Å². The van der Waals surface area contributed by atoms with Crippen molar-refractivity contribution >= 4 is 29.3 Å². The fourth-order valence-corrected chi connectivity index (χ4v) is 3.91. The van der Waals surface area contributed by atoms with Crippen LogP contribution in [-0.4, -0.2) is 40.2 Å². The molecule has 4 amide bonds. The third kappa shape index (κ3) is 4.38. The van der Waals surface area contributed by atoms with Crippen LogP contribution in [0.15, 0.2) is 66.7 Å². The highest BCUT2D eigenvalue weighted by atomic mass is 16.3. The molecule has 0 radical (unpaired) electrons. The predicted octanol–water partition coefficient (Wildman–Crippen LogP) is 3.10. The van der Waals surface area contributed by atoms with Gasteiger partial charge in [-0.05, 0) is 54.8 Å². The van der Waals surface area contributed by atoms with Crippen LogP contribution in [-0.2, 0) is 9.59 Å². The highest BCUT2D eigenvalue weighted by molar-refractivity contribution is 6.22. The SMILES string of the molecule is Cc1cccc(C)c1NC(=O)C(NC(=O)CN1C(=O)c2ccccc2C1=O)c1ccc(O)cc1. The van der Waals surface area contributed by atoms with Crippen LogP contribution in [0, 0.1) is 13.8 Å². The minimum Gasteiger partial charge on any atom is -0.508 e. The van der Waals surface area contributed by atoms with Crippen molar-refractivity contribution in [2.24, 2.45) is 0 Å². The zero-order valence-electron chi connectivity index (χ0n) is 18.7. The molecule has 1 atom stereocenters. The lowest BCUT2D eigenvalue weighted by atomic mass is 10.0. The number of para-hydroxylation sites is 1. The molecule has 1 heterocycles. The summed E-state index contributed by atoms with van der Waals surface area (Å²) in [6, 6.07) is 16.7. The second kappa shape index (κ2) is 9.19. The number of phenolic OH excluding ortho intramolecular Hbond substituents is 1. The summed E-state index contributed by atoms with van der Waals surface area (Å²) in [6.45, 7) is 3.19. The number of aryl methyl sites for hydroxylation is 2. The molecule has 0 spiro atoms. The highest BCUT2D eigenvalue weighted by Gasteiger charge is 2.37. The first-order chi connectivity index (χ1) is 16.3. The molecule has 8 heteroatoms. The molecule has 0 saturated heterocycles. The van der Waals surface area contributed by atoms with Gasteiger partial charge in [-0.1, -0.05) is 42.5 Å². The molecule has 3 N–H and O–H groups in total. The standard InChI is InChI=1S/C26H23N3O5/c1-15-6-5-7-16(2)22(15)28-24(32)23(17-10-12-18(30)13-11-17)27-21(31)14-29-25(33)19-8-3-4-9-20(19)26(29)34/h3-13,23,30H,14H2,1-2H3,(H,27,31)(H,28,32). The van der Waals surface area contributed by atoms with E-state index in [4.69, 9.17) is 0 Å². The molecule has 1 aliphatic rings. The first-order valence-corrected chi connectivity index (χ1v) is 10.7. The molecule has 0 saturated carbocycles. The molecule has 1 aliphatic heterocycles. The maximum absolute atomic E-state index is 13.2. The van der Waals surface area contributed by atoms with E-state index in [0.717, 1.165) is 16.0 Å². The number of carbonyl (C=O) groups is 4. The maximum Gasteiger partial charge on any atom is 0.262 e. The lowest BCUT2D eigenvalue weighted by Crippen LogP contribution is -2.44. The van der Waals surface area contributed by atoms with E-state index in [1.54, 1.807) is 12.1 Å². The van der Waals surface area contributed by atoms with E-state index in [-0.39, 0.29) is 16.9 Å². The second-order valence-corrected chi connectivity index (χ2v) is 8.09. The van der Waals surface area contributed by atoms with E-state index < -0.39 is 36.2 Å². The van der Waals surface area contributed by atoms with Gasteiger partial charge in [0.05, 0.1) is 11.1 Å². The molecule has 3 aromatic carbocycles. The number of nitrogens with zero attached hydrogens (tertiary/aromatic N) is 1. The monoisotopic (exact) mass is 457 g/mol. The lowest BCUT2D eigenvalue weighted by molar-refractivity contribution is -0.126. The largest absolute Gasteiger partial charge is 0.508 e. The van der Waals surface area contributed by atoms with Crippen molar-refractivity contribution in [1.82, 2.24) is 10.2 Å². The quantitative estimate of drug-likeness (QED) is 0.492. The van der Waals surface area contributed by atoms with Crippen molar-refractivity contribution in [2.75, 3.05) is 11.9 Å². The number of hydrogen-bond acceptors (Lipinski definition) is 5. The Morgan fingerprint density at radius 2 is 1.41 bits per heavy atom. The Bertz CT molecular complexity index is 1240. The molecule has 34 heavy (non-hydrogen) atoms. The van der Waals surface area contributed by atoms with Crippen LogP contribution >= 0.6 is 0 Å². The number of rotatable bonds is 6. The van der Waals surface area contributed by atoms with Crippen molar-refractivity contribution in [1.29, 1.82) is 0 Å². The van der Waals surface area contributed by atoms with Gasteiger partial charge in [-0.15, -0.1) is 0 Å². The fourth-order valence-electron chi connectivity index (χ4n) is 3.91. The molecule has 3 aromatic rings. The summed E-state index contributed by atoms with van der Waals surface area (Å²) in [5.41, 5.74) is 3.25. The van der Waals surface area contributed by atoms with Crippen LogP contribution in [0.4, 0.5) is 5.69 Å². The number of anilines is 1. The predicted molar refractivity (Wildman–Crippen MR) is 125 cm³/mol. The molecule has 0 bridgehead atoms. The summed E-state index contributed by atoms with van der Waals surface area (Å²) in [5.74, 6) is -2.29. The molecular formula is C26H23N3O5. The smallest absolute Gasteiger partial charge is 0.262 e. The highest BCUT2D eigenvalue weighted by Crippen LogP contribution is 2.25. The fraction of sp³-hybridized carbons (Fsp3) is 0.154. The van der Waals surface area contributed by atoms with Gasteiger partial charge < -0.3 is 15.7 Å². The number of phenols is 1. The number of fused-ring (bicyclic) bond motifs is 1. The summed E-state index contributed by atoms with van der Waals surface area (Å²) in [7, 11) is 0. The topological polar surface area (TPSA) is 116 Å². The molecule has 1 unspecified atom stereocenters.